The largest absolute Gasteiger partial charge is 0.484 e. The molecule has 2 heterocycles. The Morgan fingerprint density at radius 2 is 1.83 bits per heavy atom. The maximum Gasteiger partial charge on any atom is 0.277 e. The summed E-state index contributed by atoms with van der Waals surface area (Å²) in [5.74, 6) is 0.987. The Bertz CT molecular complexity index is 962. The number of amides is 1. The average Bonchev–Trinajstić information content (AvgIpc) is 3.25. The molecule has 30 heavy (non-hydrogen) atoms. The third-order valence-electron chi connectivity index (χ3n) is 4.49. The number of ether oxygens (including phenoxy) is 2. The summed E-state index contributed by atoms with van der Waals surface area (Å²) in [6.07, 6.45) is 0. The number of benzene rings is 2. The average molecular weight is 446 g/mol. The van der Waals surface area contributed by atoms with Gasteiger partial charge in [0.15, 0.2) is 6.61 Å². The van der Waals surface area contributed by atoms with Crippen LogP contribution >= 0.6 is 23.4 Å². The Kier molecular flexibility index (Phi) is 6.88. The summed E-state index contributed by atoms with van der Waals surface area (Å²) in [7, 11) is 0. The van der Waals surface area contributed by atoms with Crippen molar-refractivity contribution in [3.63, 3.8) is 0 Å². The number of carbonyl (C=O) groups excluding carboxylic acids is 1. The quantitative estimate of drug-likeness (QED) is 0.509. The summed E-state index contributed by atoms with van der Waals surface area (Å²) in [6, 6.07) is 16.6. The summed E-state index contributed by atoms with van der Waals surface area (Å²) >= 11 is 7.12. The van der Waals surface area contributed by atoms with Gasteiger partial charge in [0.2, 0.25) is 5.91 Å². The molecule has 1 fully saturated rings. The minimum absolute atomic E-state index is 0.00617. The summed E-state index contributed by atoms with van der Waals surface area (Å²) in [6.45, 7) is 2.37. The highest BCUT2D eigenvalue weighted by Crippen LogP contribution is 2.36. The molecule has 1 aliphatic heterocycles. The molecule has 0 radical (unpaired) electrons. The standard InChI is InChI=1S/C21H20ClN3O4S/c22-16-6-8-17(9-7-16)28-14-18-23-24-21(29-18)30-19(15-4-2-1-3-5-15)20(26)25-10-12-27-13-11-25/h1-9,19H,10-14H2/t19-/m0/s1. The van der Waals surface area contributed by atoms with E-state index in [9.17, 15) is 4.79 Å². The van der Waals surface area contributed by atoms with Crippen molar-refractivity contribution in [3.05, 3.63) is 71.1 Å². The first-order chi connectivity index (χ1) is 14.7. The Morgan fingerprint density at radius 1 is 1.10 bits per heavy atom. The van der Waals surface area contributed by atoms with Crippen molar-refractivity contribution >= 4 is 29.3 Å². The minimum Gasteiger partial charge on any atom is -0.484 e. The number of hydrogen-bond acceptors (Lipinski definition) is 7. The van der Waals surface area contributed by atoms with Crippen LogP contribution in [0.3, 0.4) is 0 Å². The normalized spacial score (nSPS) is 15.0. The second-order valence-electron chi connectivity index (χ2n) is 6.55. The first kappa shape index (κ1) is 20.7. The maximum atomic E-state index is 13.2. The number of nitrogens with zero attached hydrogens (tertiary/aromatic N) is 3. The van der Waals surface area contributed by atoms with Gasteiger partial charge in [0, 0.05) is 18.1 Å². The third kappa shape index (κ3) is 5.33. The molecule has 0 spiro atoms. The molecule has 1 atom stereocenters. The molecule has 1 amide bonds. The zero-order valence-electron chi connectivity index (χ0n) is 16.1. The van der Waals surface area contributed by atoms with E-state index in [0.717, 1.165) is 5.56 Å². The van der Waals surface area contributed by atoms with E-state index in [1.54, 1.807) is 24.3 Å². The minimum atomic E-state index is -0.477. The van der Waals surface area contributed by atoms with Crippen LogP contribution in [0.2, 0.25) is 5.02 Å². The van der Waals surface area contributed by atoms with Crippen molar-refractivity contribution < 1.29 is 18.7 Å². The molecule has 9 heteroatoms. The van der Waals surface area contributed by atoms with E-state index >= 15 is 0 Å². The molecule has 7 nitrogen and oxygen atoms in total. The molecule has 4 rings (SSSR count). The zero-order chi connectivity index (χ0) is 20.8. The Morgan fingerprint density at radius 3 is 2.57 bits per heavy atom. The monoisotopic (exact) mass is 445 g/mol. The summed E-state index contributed by atoms with van der Waals surface area (Å²) in [5.41, 5.74) is 0.885. The molecule has 1 aliphatic rings. The van der Waals surface area contributed by atoms with Gasteiger partial charge in [0.1, 0.15) is 11.0 Å². The lowest BCUT2D eigenvalue weighted by molar-refractivity contribution is -0.134. The van der Waals surface area contributed by atoms with Crippen LogP contribution in [0.5, 0.6) is 5.75 Å². The smallest absolute Gasteiger partial charge is 0.277 e. The molecule has 1 aromatic heterocycles. The fraction of sp³-hybridized carbons (Fsp3) is 0.286. The van der Waals surface area contributed by atoms with Gasteiger partial charge >= 0.3 is 0 Å². The van der Waals surface area contributed by atoms with Gasteiger partial charge < -0.3 is 18.8 Å². The molecule has 2 aromatic carbocycles. The van der Waals surface area contributed by atoms with E-state index in [-0.39, 0.29) is 12.5 Å². The van der Waals surface area contributed by atoms with Crippen molar-refractivity contribution in [2.45, 2.75) is 17.1 Å². The predicted molar refractivity (Wildman–Crippen MR) is 113 cm³/mol. The molecule has 0 unspecified atom stereocenters. The van der Waals surface area contributed by atoms with Gasteiger partial charge in [-0.25, -0.2) is 0 Å². The number of hydrogen-bond donors (Lipinski definition) is 0. The number of halogens is 1. The third-order valence-corrected chi connectivity index (χ3v) is 5.82. The first-order valence-corrected chi connectivity index (χ1v) is 10.7. The zero-order valence-corrected chi connectivity index (χ0v) is 17.6. The van der Waals surface area contributed by atoms with Crippen LogP contribution < -0.4 is 4.74 Å². The molecule has 0 aliphatic carbocycles. The van der Waals surface area contributed by atoms with Gasteiger partial charge in [-0.3, -0.25) is 4.79 Å². The first-order valence-electron chi connectivity index (χ1n) is 9.48. The lowest BCUT2D eigenvalue weighted by Gasteiger charge is -2.29. The highest BCUT2D eigenvalue weighted by Gasteiger charge is 2.30. The van der Waals surface area contributed by atoms with Crippen LogP contribution in [0.25, 0.3) is 0 Å². The van der Waals surface area contributed by atoms with Crippen LogP contribution in [0.1, 0.15) is 16.7 Å². The Balaban J connectivity index is 1.45. The van der Waals surface area contributed by atoms with Crippen LogP contribution in [0.15, 0.2) is 64.2 Å². The van der Waals surface area contributed by atoms with Gasteiger partial charge in [0.25, 0.3) is 11.1 Å². The van der Waals surface area contributed by atoms with Crippen LogP contribution in [-0.2, 0) is 16.1 Å². The van der Waals surface area contributed by atoms with Gasteiger partial charge in [0.05, 0.1) is 13.2 Å². The topological polar surface area (TPSA) is 77.7 Å². The van der Waals surface area contributed by atoms with Crippen molar-refractivity contribution in [1.29, 1.82) is 0 Å². The Labute approximate surface area is 183 Å². The van der Waals surface area contributed by atoms with Gasteiger partial charge in [-0.1, -0.05) is 41.9 Å². The fourth-order valence-electron chi connectivity index (χ4n) is 2.96. The van der Waals surface area contributed by atoms with Gasteiger partial charge in [-0.15, -0.1) is 10.2 Å². The lowest BCUT2D eigenvalue weighted by Crippen LogP contribution is -2.42. The van der Waals surface area contributed by atoms with Crippen LogP contribution in [0, 0.1) is 0 Å². The molecule has 156 valence electrons. The summed E-state index contributed by atoms with van der Waals surface area (Å²) < 4.78 is 16.7. The summed E-state index contributed by atoms with van der Waals surface area (Å²) in [4.78, 5) is 15.0. The molecule has 0 saturated carbocycles. The Hall–Kier alpha value is -2.55. The number of rotatable bonds is 7. The highest BCUT2D eigenvalue weighted by atomic mass is 35.5. The SMILES string of the molecule is O=C([C@@H](Sc1nnc(COc2ccc(Cl)cc2)o1)c1ccccc1)N1CCOCC1. The van der Waals surface area contributed by atoms with E-state index in [1.807, 2.05) is 35.2 Å². The van der Waals surface area contributed by atoms with E-state index in [4.69, 9.17) is 25.5 Å². The number of morpholine rings is 1. The van der Waals surface area contributed by atoms with E-state index in [2.05, 4.69) is 10.2 Å². The molecule has 0 bridgehead atoms. The van der Waals surface area contributed by atoms with E-state index in [0.29, 0.717) is 48.2 Å². The van der Waals surface area contributed by atoms with E-state index in [1.165, 1.54) is 11.8 Å². The number of thioether (sulfide) groups is 1. The summed E-state index contributed by atoms with van der Waals surface area (Å²) in [5, 5.41) is 8.60. The van der Waals surface area contributed by atoms with Crippen molar-refractivity contribution in [1.82, 2.24) is 15.1 Å². The molecular formula is C21H20ClN3O4S. The van der Waals surface area contributed by atoms with Crippen LogP contribution in [0.4, 0.5) is 0 Å². The number of aromatic nitrogens is 2. The maximum absolute atomic E-state index is 13.2. The van der Waals surface area contributed by atoms with Crippen molar-refractivity contribution in [3.8, 4) is 5.75 Å². The van der Waals surface area contributed by atoms with E-state index < -0.39 is 5.25 Å². The lowest BCUT2D eigenvalue weighted by atomic mass is 10.1. The van der Waals surface area contributed by atoms with Crippen LogP contribution in [-0.4, -0.2) is 47.3 Å². The highest BCUT2D eigenvalue weighted by molar-refractivity contribution is 8.00. The van der Waals surface area contributed by atoms with Gasteiger partial charge in [-0.2, -0.15) is 0 Å². The van der Waals surface area contributed by atoms with Crippen molar-refractivity contribution in [2.75, 3.05) is 26.3 Å². The van der Waals surface area contributed by atoms with Gasteiger partial charge in [-0.05, 0) is 41.6 Å². The second-order valence-corrected chi connectivity index (χ2v) is 8.04. The number of carbonyl (C=O) groups is 1. The molecule has 1 saturated heterocycles. The van der Waals surface area contributed by atoms with Crippen molar-refractivity contribution in [2.24, 2.45) is 0 Å². The molecule has 3 aromatic rings. The molecule has 0 N–H and O–H groups in total. The second kappa shape index (κ2) is 9.97. The molecular weight excluding hydrogens is 426 g/mol. The predicted octanol–water partition coefficient (Wildman–Crippen LogP) is 3.99. The fourth-order valence-corrected chi connectivity index (χ4v) is 4.06.